The lowest BCUT2D eigenvalue weighted by atomic mass is 10.1. The van der Waals surface area contributed by atoms with Crippen LogP contribution in [-0.2, 0) is 13.2 Å². The first-order valence-corrected chi connectivity index (χ1v) is 3.76. The molecule has 0 aliphatic heterocycles. The molecule has 0 aliphatic carbocycles. The molecule has 0 spiro atoms. The van der Waals surface area contributed by atoms with Crippen molar-refractivity contribution in [1.82, 2.24) is 9.78 Å². The number of Topliss-reactive ketones (excluding diaryl/α,β-unsaturated/α-hetero) is 1. The number of aromatic nitrogens is 2. The maximum Gasteiger partial charge on any atom is 0.455 e. The van der Waals surface area contributed by atoms with Crippen LogP contribution in [0.5, 0.6) is 0 Å². The Balaban J connectivity index is 3.30. The summed E-state index contributed by atoms with van der Waals surface area (Å²) in [5.41, 5.74) is -3.33. The molecule has 9 heteroatoms. The van der Waals surface area contributed by atoms with E-state index in [4.69, 9.17) is 0 Å². The second kappa shape index (κ2) is 3.49. The molecule has 1 heterocycles. The van der Waals surface area contributed by atoms with E-state index in [9.17, 15) is 31.1 Å². The average molecular weight is 246 g/mol. The number of carbonyl (C=O) groups is 1. The summed E-state index contributed by atoms with van der Waals surface area (Å²) in [5, 5.41) is 2.79. The van der Waals surface area contributed by atoms with E-state index in [-0.39, 0.29) is 0 Å². The summed E-state index contributed by atoms with van der Waals surface area (Å²) < 4.78 is 73.0. The molecule has 1 rings (SSSR count). The minimum Gasteiger partial charge on any atom is -0.284 e. The van der Waals surface area contributed by atoms with Gasteiger partial charge in [-0.15, -0.1) is 0 Å². The highest BCUT2D eigenvalue weighted by molar-refractivity contribution is 6.01. The second-order valence-corrected chi connectivity index (χ2v) is 2.89. The van der Waals surface area contributed by atoms with Crippen LogP contribution in [0.15, 0.2) is 6.20 Å². The van der Waals surface area contributed by atoms with E-state index in [1.165, 1.54) is 0 Å². The van der Waals surface area contributed by atoms with E-state index in [0.29, 0.717) is 10.9 Å². The highest BCUT2D eigenvalue weighted by Gasteiger charge is 2.46. The number of alkyl halides is 6. The molecule has 3 nitrogen and oxygen atoms in total. The lowest BCUT2D eigenvalue weighted by Crippen LogP contribution is -2.25. The van der Waals surface area contributed by atoms with Crippen molar-refractivity contribution in [1.29, 1.82) is 0 Å². The van der Waals surface area contributed by atoms with Crippen LogP contribution in [0.2, 0.25) is 0 Å². The van der Waals surface area contributed by atoms with Gasteiger partial charge >= 0.3 is 12.4 Å². The second-order valence-electron chi connectivity index (χ2n) is 2.89. The van der Waals surface area contributed by atoms with Crippen LogP contribution in [0.1, 0.15) is 16.1 Å². The topological polar surface area (TPSA) is 34.9 Å². The quantitative estimate of drug-likeness (QED) is 0.562. The molecule has 0 amide bonds. The van der Waals surface area contributed by atoms with Gasteiger partial charge in [-0.25, -0.2) is 0 Å². The Morgan fingerprint density at radius 1 is 1.25 bits per heavy atom. The highest BCUT2D eigenvalue weighted by atomic mass is 19.4. The summed E-state index contributed by atoms with van der Waals surface area (Å²) in [7, 11) is 0.988. The molecule has 0 bridgehead atoms. The molecule has 0 aromatic carbocycles. The zero-order valence-corrected chi connectivity index (χ0v) is 7.65. The molecule has 1 aromatic heterocycles. The highest BCUT2D eigenvalue weighted by Crippen LogP contribution is 2.33. The Hall–Kier alpha value is -1.54. The number of nitrogens with zero attached hydrogens (tertiary/aromatic N) is 2. The number of rotatable bonds is 1. The van der Waals surface area contributed by atoms with Crippen molar-refractivity contribution in [2.24, 2.45) is 7.05 Å². The lowest BCUT2D eigenvalue weighted by Gasteiger charge is -2.06. The molecule has 90 valence electrons. The van der Waals surface area contributed by atoms with Crippen LogP contribution >= 0.6 is 0 Å². The van der Waals surface area contributed by atoms with E-state index >= 15 is 0 Å². The number of carbonyl (C=O) groups excluding carboxylic acids is 1. The molecule has 1 aromatic rings. The van der Waals surface area contributed by atoms with E-state index in [2.05, 4.69) is 5.10 Å². The van der Waals surface area contributed by atoms with Gasteiger partial charge in [0, 0.05) is 13.2 Å². The number of halogens is 6. The van der Waals surface area contributed by atoms with Gasteiger partial charge in [-0.3, -0.25) is 9.48 Å². The molecular formula is C7H4F6N2O. The van der Waals surface area contributed by atoms with E-state index in [0.717, 1.165) is 7.05 Å². The van der Waals surface area contributed by atoms with Crippen LogP contribution in [-0.4, -0.2) is 21.7 Å². The van der Waals surface area contributed by atoms with Gasteiger partial charge in [-0.05, 0) is 0 Å². The zero-order valence-electron chi connectivity index (χ0n) is 7.65. The van der Waals surface area contributed by atoms with Gasteiger partial charge < -0.3 is 0 Å². The SMILES string of the molecule is Cn1cc(C(=O)C(F)(F)F)c(C(F)(F)F)n1. The summed E-state index contributed by atoms with van der Waals surface area (Å²) in [6.45, 7) is 0. The van der Waals surface area contributed by atoms with Crippen molar-refractivity contribution in [3.8, 4) is 0 Å². The van der Waals surface area contributed by atoms with Crippen molar-refractivity contribution >= 4 is 5.78 Å². The van der Waals surface area contributed by atoms with Gasteiger partial charge in [0.05, 0.1) is 5.56 Å². The van der Waals surface area contributed by atoms with Gasteiger partial charge in [-0.1, -0.05) is 0 Å². The first-order valence-electron chi connectivity index (χ1n) is 3.76. The van der Waals surface area contributed by atoms with Gasteiger partial charge in [0.1, 0.15) is 0 Å². The standard InChI is InChI=1S/C7H4F6N2O/c1-15-2-3(5(16)7(11,12)13)4(14-15)6(8,9)10/h2H,1H3. The number of ketones is 1. The monoisotopic (exact) mass is 246 g/mol. The van der Waals surface area contributed by atoms with E-state index in [1.807, 2.05) is 0 Å². The number of hydrogen-bond acceptors (Lipinski definition) is 2. The van der Waals surface area contributed by atoms with E-state index < -0.39 is 29.4 Å². The maximum atomic E-state index is 12.2. The smallest absolute Gasteiger partial charge is 0.284 e. The molecule has 16 heavy (non-hydrogen) atoms. The van der Waals surface area contributed by atoms with Crippen molar-refractivity contribution in [2.75, 3.05) is 0 Å². The van der Waals surface area contributed by atoms with Crippen LogP contribution < -0.4 is 0 Å². The van der Waals surface area contributed by atoms with Crippen molar-refractivity contribution in [2.45, 2.75) is 12.4 Å². The first-order chi connectivity index (χ1) is 7.03. The van der Waals surface area contributed by atoms with Gasteiger partial charge in [-0.2, -0.15) is 31.4 Å². The third-order valence-electron chi connectivity index (χ3n) is 1.60. The Labute approximate surface area is 84.7 Å². The summed E-state index contributed by atoms with van der Waals surface area (Å²) in [5.74, 6) is -2.56. The largest absolute Gasteiger partial charge is 0.455 e. The van der Waals surface area contributed by atoms with Crippen molar-refractivity contribution in [3.63, 3.8) is 0 Å². The Bertz CT molecular complexity index is 415. The molecule has 0 N–H and O–H groups in total. The summed E-state index contributed by atoms with van der Waals surface area (Å²) in [6.07, 6.45) is -10.1. The van der Waals surface area contributed by atoms with Crippen molar-refractivity contribution < 1.29 is 31.1 Å². The zero-order chi connectivity index (χ0) is 12.7. The van der Waals surface area contributed by atoms with Gasteiger partial charge in [0.25, 0.3) is 5.78 Å². The van der Waals surface area contributed by atoms with Crippen LogP contribution in [0.3, 0.4) is 0 Å². The van der Waals surface area contributed by atoms with E-state index in [1.54, 1.807) is 0 Å². The third-order valence-corrected chi connectivity index (χ3v) is 1.60. The molecule has 0 saturated carbocycles. The molecule has 0 radical (unpaired) electrons. The maximum absolute atomic E-state index is 12.2. The minimum absolute atomic E-state index is 0.388. The molecular weight excluding hydrogens is 242 g/mol. The lowest BCUT2D eigenvalue weighted by molar-refractivity contribution is -0.142. The molecule has 0 unspecified atom stereocenters. The van der Waals surface area contributed by atoms with Crippen LogP contribution in [0.25, 0.3) is 0 Å². The summed E-state index contributed by atoms with van der Waals surface area (Å²) in [4.78, 5) is 10.7. The molecule has 0 fully saturated rings. The normalized spacial score (nSPS) is 12.9. The predicted octanol–water partition coefficient (Wildman–Crippen LogP) is 2.18. The molecule has 0 atom stereocenters. The Morgan fingerprint density at radius 2 is 1.75 bits per heavy atom. The number of hydrogen-bond donors (Lipinski definition) is 0. The van der Waals surface area contributed by atoms with Gasteiger partial charge in [0.15, 0.2) is 5.69 Å². The number of aryl methyl sites for hydroxylation is 1. The first kappa shape index (κ1) is 12.5. The molecule has 0 aliphatic rings. The minimum atomic E-state index is -5.36. The fourth-order valence-corrected chi connectivity index (χ4v) is 1.02. The fourth-order valence-electron chi connectivity index (χ4n) is 1.02. The third kappa shape index (κ3) is 2.34. The summed E-state index contributed by atoms with van der Waals surface area (Å²) in [6, 6.07) is 0. The van der Waals surface area contributed by atoms with Crippen LogP contribution in [0, 0.1) is 0 Å². The average Bonchev–Trinajstić information content (AvgIpc) is 2.43. The Kier molecular flexibility index (Phi) is 2.74. The fraction of sp³-hybridized carbons (Fsp3) is 0.429. The van der Waals surface area contributed by atoms with Gasteiger partial charge in [0.2, 0.25) is 0 Å². The van der Waals surface area contributed by atoms with Crippen molar-refractivity contribution in [3.05, 3.63) is 17.5 Å². The van der Waals surface area contributed by atoms with Crippen LogP contribution in [0.4, 0.5) is 26.3 Å². The molecule has 0 saturated heterocycles. The summed E-state index contributed by atoms with van der Waals surface area (Å²) >= 11 is 0. The Morgan fingerprint density at radius 3 is 2.12 bits per heavy atom. The predicted molar refractivity (Wildman–Crippen MR) is 38.6 cm³/mol.